The minimum Gasteiger partial charge on any atom is -0.480 e. The molecule has 0 spiro atoms. The minimum atomic E-state index is -1.18. The van der Waals surface area contributed by atoms with E-state index in [0.717, 1.165) is 16.4 Å². The van der Waals surface area contributed by atoms with Crippen LogP contribution in [0.25, 0.3) is 0 Å². The van der Waals surface area contributed by atoms with E-state index in [9.17, 15) is 19.5 Å². The quantitative estimate of drug-likeness (QED) is 0.796. The lowest BCUT2D eigenvalue weighted by Gasteiger charge is -2.41. The zero-order valence-corrected chi connectivity index (χ0v) is 14.2. The molecule has 0 radical (unpaired) electrons. The number of carboxylic acids is 1. The fraction of sp³-hybridized carbons (Fsp3) is 0.800. The highest BCUT2D eigenvalue weighted by Crippen LogP contribution is 2.23. The molecular weight excluding hydrogens is 304 g/mol. The predicted octanol–water partition coefficient (Wildman–Crippen LogP) is 2.62. The molecule has 8 nitrogen and oxygen atoms in total. The Morgan fingerprint density at radius 1 is 1.22 bits per heavy atom. The molecule has 8 heteroatoms. The van der Waals surface area contributed by atoms with E-state index < -0.39 is 29.8 Å². The summed E-state index contributed by atoms with van der Waals surface area (Å²) in [6.07, 6.45) is 0.703. The van der Waals surface area contributed by atoms with Gasteiger partial charge in [0.05, 0.1) is 6.61 Å². The normalized spacial score (nSPS) is 18.5. The number of hydrogen-bond donors (Lipinski definition) is 1. The topological polar surface area (TPSA) is 96.4 Å². The van der Waals surface area contributed by atoms with Crippen LogP contribution in [-0.2, 0) is 14.3 Å². The number of rotatable bonds is 4. The SMILES string of the molecule is CCCCOC(=O)N1CCC[C@@H](C(=O)O)N1C(=O)OC(C)(C)C. The average molecular weight is 330 g/mol. The molecule has 1 atom stereocenters. The van der Waals surface area contributed by atoms with Crippen molar-refractivity contribution in [1.82, 2.24) is 10.0 Å². The van der Waals surface area contributed by atoms with Crippen LogP contribution in [0.2, 0.25) is 0 Å². The monoisotopic (exact) mass is 330 g/mol. The summed E-state index contributed by atoms with van der Waals surface area (Å²) in [6.45, 7) is 7.43. The number of carbonyl (C=O) groups is 3. The van der Waals surface area contributed by atoms with E-state index in [1.165, 1.54) is 0 Å². The van der Waals surface area contributed by atoms with Crippen LogP contribution < -0.4 is 0 Å². The Morgan fingerprint density at radius 3 is 2.39 bits per heavy atom. The van der Waals surface area contributed by atoms with Crippen LogP contribution >= 0.6 is 0 Å². The first-order valence-corrected chi connectivity index (χ1v) is 7.86. The summed E-state index contributed by atoms with van der Waals surface area (Å²) in [6, 6.07) is -1.14. The Labute approximate surface area is 136 Å². The predicted molar refractivity (Wildman–Crippen MR) is 81.7 cm³/mol. The summed E-state index contributed by atoms with van der Waals surface area (Å²) >= 11 is 0. The summed E-state index contributed by atoms with van der Waals surface area (Å²) in [5.41, 5.74) is -0.796. The van der Waals surface area contributed by atoms with Gasteiger partial charge in [-0.1, -0.05) is 13.3 Å². The third-order valence-corrected chi connectivity index (χ3v) is 3.20. The fourth-order valence-corrected chi connectivity index (χ4v) is 2.15. The Hall–Kier alpha value is -1.99. The van der Waals surface area contributed by atoms with E-state index in [2.05, 4.69) is 0 Å². The molecule has 0 aromatic carbocycles. The van der Waals surface area contributed by atoms with E-state index in [1.54, 1.807) is 20.8 Å². The van der Waals surface area contributed by atoms with E-state index >= 15 is 0 Å². The van der Waals surface area contributed by atoms with Crippen LogP contribution in [0.3, 0.4) is 0 Å². The summed E-state index contributed by atoms with van der Waals surface area (Å²) in [5.74, 6) is -1.18. The highest BCUT2D eigenvalue weighted by molar-refractivity contribution is 5.82. The van der Waals surface area contributed by atoms with Crippen LogP contribution in [0.1, 0.15) is 53.4 Å². The maximum absolute atomic E-state index is 12.4. The first-order valence-electron chi connectivity index (χ1n) is 7.86. The average Bonchev–Trinajstić information content (AvgIpc) is 2.44. The lowest BCUT2D eigenvalue weighted by molar-refractivity contribution is -0.154. The number of aliphatic carboxylic acids is 1. The number of carboxylic acid groups (broad SMARTS) is 1. The number of unbranched alkanes of at least 4 members (excludes halogenated alkanes) is 1. The molecule has 1 rings (SSSR count). The number of nitrogens with zero attached hydrogens (tertiary/aromatic N) is 2. The summed E-state index contributed by atoms with van der Waals surface area (Å²) in [7, 11) is 0. The van der Waals surface area contributed by atoms with Gasteiger partial charge >= 0.3 is 18.2 Å². The van der Waals surface area contributed by atoms with E-state index in [0.29, 0.717) is 12.8 Å². The van der Waals surface area contributed by atoms with Crippen molar-refractivity contribution < 1.29 is 29.0 Å². The molecule has 0 aromatic heterocycles. The van der Waals surface area contributed by atoms with Crippen molar-refractivity contribution >= 4 is 18.2 Å². The van der Waals surface area contributed by atoms with Crippen molar-refractivity contribution in [2.45, 2.75) is 65.0 Å². The molecule has 0 aliphatic carbocycles. The second kappa shape index (κ2) is 8.03. The van der Waals surface area contributed by atoms with Gasteiger partial charge in [-0.25, -0.2) is 19.4 Å². The summed E-state index contributed by atoms with van der Waals surface area (Å²) < 4.78 is 10.3. The maximum atomic E-state index is 12.4. The third kappa shape index (κ3) is 5.61. The Bertz CT molecular complexity index is 446. The molecule has 0 unspecified atom stereocenters. The van der Waals surface area contributed by atoms with Crippen LogP contribution in [0, 0.1) is 0 Å². The lowest BCUT2D eigenvalue weighted by atomic mass is 10.1. The highest BCUT2D eigenvalue weighted by atomic mass is 16.6. The molecule has 1 N–H and O–H groups in total. The van der Waals surface area contributed by atoms with Crippen LogP contribution in [-0.4, -0.2) is 58.1 Å². The van der Waals surface area contributed by atoms with E-state index in [4.69, 9.17) is 9.47 Å². The Balaban J connectivity index is 2.93. The summed E-state index contributed by atoms with van der Waals surface area (Å²) in [5, 5.41) is 11.2. The van der Waals surface area contributed by atoms with Gasteiger partial charge in [0.2, 0.25) is 0 Å². The van der Waals surface area contributed by atoms with Crippen molar-refractivity contribution in [1.29, 1.82) is 0 Å². The van der Waals surface area contributed by atoms with Gasteiger partial charge in [0, 0.05) is 6.54 Å². The van der Waals surface area contributed by atoms with Gasteiger partial charge in [-0.2, -0.15) is 5.01 Å². The largest absolute Gasteiger partial charge is 0.480 e. The molecule has 1 aliphatic heterocycles. The smallest absolute Gasteiger partial charge is 0.430 e. The van der Waals surface area contributed by atoms with Gasteiger partial charge in [0.25, 0.3) is 0 Å². The highest BCUT2D eigenvalue weighted by Gasteiger charge is 2.42. The zero-order valence-electron chi connectivity index (χ0n) is 14.2. The molecule has 2 amide bonds. The van der Waals surface area contributed by atoms with Crippen LogP contribution in [0.15, 0.2) is 0 Å². The molecule has 1 fully saturated rings. The van der Waals surface area contributed by atoms with Crippen molar-refractivity contribution in [3.63, 3.8) is 0 Å². The van der Waals surface area contributed by atoms with Gasteiger partial charge in [-0.15, -0.1) is 0 Å². The molecule has 0 bridgehead atoms. The molecule has 0 saturated carbocycles. The number of amides is 2. The Kier molecular flexibility index (Phi) is 6.65. The minimum absolute atomic E-state index is 0.216. The number of ether oxygens (including phenoxy) is 2. The first-order chi connectivity index (χ1) is 10.7. The van der Waals surface area contributed by atoms with Gasteiger partial charge in [0.1, 0.15) is 5.60 Å². The molecule has 0 aromatic rings. The molecule has 132 valence electrons. The van der Waals surface area contributed by atoms with Crippen molar-refractivity contribution in [2.24, 2.45) is 0 Å². The second-order valence-electron chi connectivity index (χ2n) is 6.41. The molecule has 1 aliphatic rings. The fourth-order valence-electron chi connectivity index (χ4n) is 2.15. The van der Waals surface area contributed by atoms with Gasteiger partial charge in [-0.3, -0.25) is 0 Å². The molecular formula is C15H26N2O6. The van der Waals surface area contributed by atoms with E-state index in [-0.39, 0.29) is 19.6 Å². The van der Waals surface area contributed by atoms with E-state index in [1.807, 2.05) is 6.92 Å². The lowest BCUT2D eigenvalue weighted by Crippen LogP contribution is -2.61. The molecule has 23 heavy (non-hydrogen) atoms. The van der Waals surface area contributed by atoms with Gasteiger partial charge in [0.15, 0.2) is 6.04 Å². The molecule has 1 heterocycles. The molecule has 1 saturated heterocycles. The maximum Gasteiger partial charge on any atom is 0.430 e. The summed E-state index contributed by atoms with van der Waals surface area (Å²) in [4.78, 5) is 36.0. The number of hydrazine groups is 1. The second-order valence-corrected chi connectivity index (χ2v) is 6.41. The van der Waals surface area contributed by atoms with Gasteiger partial charge in [-0.05, 0) is 40.0 Å². The van der Waals surface area contributed by atoms with Crippen molar-refractivity contribution in [3.05, 3.63) is 0 Å². The van der Waals surface area contributed by atoms with Gasteiger partial charge < -0.3 is 14.6 Å². The van der Waals surface area contributed by atoms with Crippen molar-refractivity contribution in [2.75, 3.05) is 13.2 Å². The van der Waals surface area contributed by atoms with Crippen molar-refractivity contribution in [3.8, 4) is 0 Å². The Morgan fingerprint density at radius 2 is 1.87 bits per heavy atom. The number of hydrogen-bond acceptors (Lipinski definition) is 5. The van der Waals surface area contributed by atoms with Crippen LogP contribution in [0.5, 0.6) is 0 Å². The van der Waals surface area contributed by atoms with Crippen LogP contribution in [0.4, 0.5) is 9.59 Å². The standard InChI is InChI=1S/C15H26N2O6/c1-5-6-10-22-13(20)16-9-7-8-11(12(18)19)17(16)14(21)23-15(2,3)4/h11H,5-10H2,1-4H3,(H,18,19)/t11-/m0/s1. The third-order valence-electron chi connectivity index (χ3n) is 3.20. The number of carbonyl (C=O) groups excluding carboxylic acids is 2. The first kappa shape index (κ1) is 19.1. The zero-order chi connectivity index (χ0) is 17.6.